The van der Waals surface area contributed by atoms with Gasteiger partial charge in [-0.1, -0.05) is 13.0 Å². The van der Waals surface area contributed by atoms with Crippen molar-refractivity contribution in [1.29, 1.82) is 0 Å². The van der Waals surface area contributed by atoms with Crippen LogP contribution in [0.1, 0.15) is 49.2 Å². The van der Waals surface area contributed by atoms with Gasteiger partial charge in [-0.15, -0.1) is 0 Å². The Morgan fingerprint density at radius 1 is 1.29 bits per heavy atom. The molecule has 1 aromatic carbocycles. The van der Waals surface area contributed by atoms with Crippen LogP contribution in [0.3, 0.4) is 0 Å². The summed E-state index contributed by atoms with van der Waals surface area (Å²) in [6.07, 6.45) is 6.26. The molecule has 9 heteroatoms. The number of aromatic nitrogens is 3. The van der Waals surface area contributed by atoms with Crippen molar-refractivity contribution in [3.63, 3.8) is 0 Å². The molecule has 2 heterocycles. The van der Waals surface area contributed by atoms with Gasteiger partial charge >= 0.3 is 0 Å². The number of carbonyl (C=O) groups excluding carboxylic acids is 1. The molecular formula is C22H31N5O3S. The molecule has 0 aliphatic rings. The van der Waals surface area contributed by atoms with E-state index in [0.29, 0.717) is 29.3 Å². The van der Waals surface area contributed by atoms with Crippen molar-refractivity contribution in [2.75, 3.05) is 30.2 Å². The van der Waals surface area contributed by atoms with Gasteiger partial charge in [-0.25, -0.2) is 9.97 Å². The second kappa shape index (κ2) is 11.7. The molecule has 0 amide bonds. The number of fused-ring (bicyclic) bond motifs is 1. The lowest BCUT2D eigenvalue weighted by atomic mass is 10.0. The van der Waals surface area contributed by atoms with Gasteiger partial charge < -0.3 is 20.9 Å². The largest absolute Gasteiger partial charge is 0.397 e. The summed E-state index contributed by atoms with van der Waals surface area (Å²) in [5, 5.41) is 12.9. The van der Waals surface area contributed by atoms with E-state index in [1.165, 1.54) is 17.8 Å². The van der Waals surface area contributed by atoms with E-state index in [4.69, 9.17) is 10.5 Å². The van der Waals surface area contributed by atoms with Crippen LogP contribution in [0.5, 0.6) is 0 Å². The van der Waals surface area contributed by atoms with Crippen molar-refractivity contribution < 1.29 is 14.6 Å². The van der Waals surface area contributed by atoms with Crippen LogP contribution in [0.15, 0.2) is 30.6 Å². The maximum Gasteiger partial charge on any atom is 0.230 e. The number of carbonyl (C=O) groups is 1. The summed E-state index contributed by atoms with van der Waals surface area (Å²) in [4.78, 5) is 20.4. The standard InChI is InChI=1S/C20H25N5O3.C2H6S/c1-4-17(28-5-2)14-6-13(10-26)7-15(8-14)23-18-9-16(21)19-20(24-18)25(11-22-19)12(3)27;1-3-2/h6-9,11,17,26H,4-5,10H2,1-3H3,(H3,21,23,24);1-2H3. The molecule has 0 saturated heterocycles. The lowest BCUT2D eigenvalue weighted by molar-refractivity contribution is 0.0597. The topological polar surface area (TPSA) is 115 Å². The molecule has 0 bridgehead atoms. The molecule has 0 radical (unpaired) electrons. The van der Waals surface area contributed by atoms with Crippen molar-refractivity contribution >= 4 is 46.0 Å². The minimum absolute atomic E-state index is 0.0586. The van der Waals surface area contributed by atoms with E-state index in [-0.39, 0.29) is 18.6 Å². The fraction of sp³-hybridized carbons (Fsp3) is 0.409. The summed E-state index contributed by atoms with van der Waals surface area (Å²) in [7, 11) is 0. The minimum Gasteiger partial charge on any atom is -0.397 e. The van der Waals surface area contributed by atoms with Crippen LogP contribution in [0.4, 0.5) is 17.2 Å². The SMILES string of the molecule is CCOC(CC)c1cc(CO)cc(Nc2cc(N)c3ncn(C(C)=O)c3n2)c1.CSC. The zero-order valence-electron chi connectivity index (χ0n) is 18.7. The Labute approximate surface area is 187 Å². The molecular weight excluding hydrogens is 414 g/mol. The molecule has 8 nitrogen and oxygen atoms in total. The van der Waals surface area contributed by atoms with Crippen LogP contribution in [0.2, 0.25) is 0 Å². The Kier molecular flexibility index (Phi) is 9.29. The third kappa shape index (κ3) is 6.19. The number of imidazole rings is 1. The molecule has 1 atom stereocenters. The van der Waals surface area contributed by atoms with E-state index in [1.807, 2.05) is 37.6 Å². The highest BCUT2D eigenvalue weighted by Crippen LogP contribution is 2.29. The van der Waals surface area contributed by atoms with Crippen LogP contribution >= 0.6 is 11.8 Å². The maximum absolute atomic E-state index is 11.8. The summed E-state index contributed by atoms with van der Waals surface area (Å²) in [5.74, 6) is 0.289. The van der Waals surface area contributed by atoms with Crippen LogP contribution in [-0.4, -0.2) is 44.7 Å². The second-order valence-electron chi connectivity index (χ2n) is 6.91. The molecule has 31 heavy (non-hydrogen) atoms. The molecule has 0 saturated carbocycles. The summed E-state index contributed by atoms with van der Waals surface area (Å²) in [5.41, 5.74) is 9.88. The van der Waals surface area contributed by atoms with E-state index in [0.717, 1.165) is 23.2 Å². The first-order chi connectivity index (χ1) is 14.9. The number of pyridine rings is 1. The number of nitrogens with one attached hydrogen (secondary N) is 1. The van der Waals surface area contributed by atoms with E-state index < -0.39 is 0 Å². The number of ether oxygens (including phenoxy) is 1. The van der Waals surface area contributed by atoms with E-state index in [1.54, 1.807) is 17.8 Å². The minimum atomic E-state index is -0.196. The van der Waals surface area contributed by atoms with Gasteiger partial charge in [-0.2, -0.15) is 11.8 Å². The quantitative estimate of drug-likeness (QED) is 0.491. The zero-order chi connectivity index (χ0) is 23.0. The normalized spacial score (nSPS) is 11.7. The number of aliphatic hydroxyl groups excluding tert-OH is 1. The van der Waals surface area contributed by atoms with Gasteiger partial charge in [0.1, 0.15) is 17.7 Å². The number of hydrogen-bond acceptors (Lipinski definition) is 8. The highest BCUT2D eigenvalue weighted by molar-refractivity contribution is 7.97. The third-order valence-electron chi connectivity index (χ3n) is 4.45. The molecule has 4 N–H and O–H groups in total. The zero-order valence-corrected chi connectivity index (χ0v) is 19.5. The lowest BCUT2D eigenvalue weighted by Gasteiger charge is -2.18. The van der Waals surface area contributed by atoms with Gasteiger partial charge in [0.15, 0.2) is 5.65 Å². The number of nitrogens with two attached hydrogens (primary N) is 1. The molecule has 0 fully saturated rings. The molecule has 0 aliphatic carbocycles. The van der Waals surface area contributed by atoms with Crippen molar-refractivity contribution in [3.05, 3.63) is 41.7 Å². The predicted octanol–water partition coefficient (Wildman–Crippen LogP) is 4.38. The smallest absolute Gasteiger partial charge is 0.230 e. The molecule has 1 unspecified atom stereocenters. The molecule has 0 aliphatic heterocycles. The first kappa shape index (κ1) is 24.6. The third-order valence-corrected chi connectivity index (χ3v) is 4.45. The summed E-state index contributed by atoms with van der Waals surface area (Å²) < 4.78 is 7.15. The number of nitrogens with zero attached hydrogens (tertiary/aromatic N) is 3. The Hall–Kier alpha value is -2.62. The molecule has 168 valence electrons. The number of rotatable bonds is 7. The van der Waals surface area contributed by atoms with Crippen molar-refractivity contribution in [2.24, 2.45) is 0 Å². The highest BCUT2D eigenvalue weighted by atomic mass is 32.2. The highest BCUT2D eigenvalue weighted by Gasteiger charge is 2.14. The monoisotopic (exact) mass is 445 g/mol. The summed E-state index contributed by atoms with van der Waals surface area (Å²) in [6, 6.07) is 7.41. The van der Waals surface area contributed by atoms with Gasteiger partial charge in [0.25, 0.3) is 0 Å². The van der Waals surface area contributed by atoms with Gasteiger partial charge in [0.2, 0.25) is 5.91 Å². The van der Waals surface area contributed by atoms with Gasteiger partial charge in [0, 0.05) is 25.3 Å². The number of anilines is 3. The van der Waals surface area contributed by atoms with E-state index in [9.17, 15) is 9.90 Å². The van der Waals surface area contributed by atoms with Crippen molar-refractivity contribution in [1.82, 2.24) is 14.5 Å². The average molecular weight is 446 g/mol. The first-order valence-corrected chi connectivity index (χ1v) is 11.7. The van der Waals surface area contributed by atoms with Crippen molar-refractivity contribution in [3.8, 4) is 0 Å². The predicted molar refractivity (Wildman–Crippen MR) is 128 cm³/mol. The fourth-order valence-electron chi connectivity index (χ4n) is 3.18. The van der Waals surface area contributed by atoms with E-state index in [2.05, 4.69) is 22.2 Å². The first-order valence-electron chi connectivity index (χ1n) is 10.1. The van der Waals surface area contributed by atoms with Crippen LogP contribution in [0.25, 0.3) is 11.2 Å². The maximum atomic E-state index is 11.8. The Morgan fingerprint density at radius 3 is 2.58 bits per heavy atom. The summed E-state index contributed by atoms with van der Waals surface area (Å²) in [6.45, 7) is 5.97. The molecule has 2 aromatic heterocycles. The number of hydrogen-bond donors (Lipinski definition) is 3. The Balaban J connectivity index is 0.00000107. The number of benzene rings is 1. The molecule has 3 aromatic rings. The molecule has 3 rings (SSSR count). The van der Waals surface area contributed by atoms with Crippen LogP contribution in [0, 0.1) is 0 Å². The van der Waals surface area contributed by atoms with Crippen LogP contribution in [-0.2, 0) is 11.3 Å². The number of nitrogen functional groups attached to an aromatic ring is 1. The number of aliphatic hydroxyl groups is 1. The number of thioether (sulfide) groups is 1. The summed E-state index contributed by atoms with van der Waals surface area (Å²) >= 11 is 1.75. The molecule has 0 spiro atoms. The Morgan fingerprint density at radius 2 is 2.00 bits per heavy atom. The van der Waals surface area contributed by atoms with Gasteiger partial charge in [-0.3, -0.25) is 9.36 Å². The van der Waals surface area contributed by atoms with E-state index >= 15 is 0 Å². The lowest BCUT2D eigenvalue weighted by Crippen LogP contribution is -2.07. The fourth-order valence-corrected chi connectivity index (χ4v) is 3.18. The Bertz CT molecular complexity index is 1020. The van der Waals surface area contributed by atoms with Gasteiger partial charge in [-0.05, 0) is 49.1 Å². The average Bonchev–Trinajstić information content (AvgIpc) is 3.17. The van der Waals surface area contributed by atoms with Gasteiger partial charge in [0.05, 0.1) is 18.4 Å². The van der Waals surface area contributed by atoms with Crippen molar-refractivity contribution in [2.45, 2.75) is 39.9 Å². The second-order valence-corrected chi connectivity index (χ2v) is 7.73. The van der Waals surface area contributed by atoms with Crippen LogP contribution < -0.4 is 11.1 Å².